The van der Waals surface area contributed by atoms with Gasteiger partial charge in [0.1, 0.15) is 4.21 Å². The number of sulfonamides is 1. The Balaban J connectivity index is 2.89. The molecule has 0 aliphatic rings. The van der Waals surface area contributed by atoms with Crippen molar-refractivity contribution in [3.05, 3.63) is 17.0 Å². The molecule has 0 aliphatic carbocycles. The van der Waals surface area contributed by atoms with Crippen LogP contribution in [0.5, 0.6) is 0 Å². The van der Waals surface area contributed by atoms with Crippen LogP contribution in [0.2, 0.25) is 0 Å². The maximum atomic E-state index is 12.0. The molecule has 0 spiro atoms. The fourth-order valence-electron chi connectivity index (χ4n) is 1.04. The first-order valence-corrected chi connectivity index (χ1v) is 7.73. The summed E-state index contributed by atoms with van der Waals surface area (Å²) in [7, 11) is -3.47. The highest BCUT2D eigenvalue weighted by molar-refractivity contribution is 7.91. The van der Waals surface area contributed by atoms with Gasteiger partial charge in [-0.05, 0) is 29.3 Å². The van der Waals surface area contributed by atoms with Gasteiger partial charge >= 0.3 is 0 Å². The van der Waals surface area contributed by atoms with Gasteiger partial charge in [-0.2, -0.15) is 0 Å². The van der Waals surface area contributed by atoms with Crippen molar-refractivity contribution in [2.75, 3.05) is 0 Å². The number of aliphatic hydroxyl groups is 1. The van der Waals surface area contributed by atoms with E-state index in [0.29, 0.717) is 5.56 Å². The summed E-state index contributed by atoms with van der Waals surface area (Å²) in [6, 6.07) is 1.34. The van der Waals surface area contributed by atoms with Gasteiger partial charge in [-0.25, -0.2) is 13.1 Å². The van der Waals surface area contributed by atoms with Gasteiger partial charge in [0.05, 0.1) is 6.61 Å². The van der Waals surface area contributed by atoms with E-state index < -0.39 is 10.0 Å². The van der Waals surface area contributed by atoms with E-state index in [9.17, 15) is 8.42 Å². The first-order chi connectivity index (χ1) is 7.66. The number of nitrogens with one attached hydrogen (secondary N) is 1. The molecule has 1 aromatic heterocycles. The first kappa shape index (κ1) is 14.6. The maximum Gasteiger partial charge on any atom is 0.250 e. The lowest BCUT2D eigenvalue weighted by Gasteiger charge is -2.27. The predicted octanol–water partition coefficient (Wildman–Crippen LogP) is 1.95. The Morgan fingerprint density at radius 1 is 1.47 bits per heavy atom. The van der Waals surface area contributed by atoms with Gasteiger partial charge in [0.15, 0.2) is 0 Å². The van der Waals surface area contributed by atoms with Crippen LogP contribution in [-0.2, 0) is 16.6 Å². The highest BCUT2D eigenvalue weighted by atomic mass is 32.2. The van der Waals surface area contributed by atoms with Crippen molar-refractivity contribution in [1.82, 2.24) is 4.72 Å². The second kappa shape index (κ2) is 5.06. The van der Waals surface area contributed by atoms with E-state index in [1.165, 1.54) is 6.07 Å². The van der Waals surface area contributed by atoms with E-state index in [1.807, 2.05) is 27.7 Å². The van der Waals surface area contributed by atoms with Gasteiger partial charge in [-0.1, -0.05) is 20.8 Å². The Bertz CT molecular complexity index is 471. The molecule has 1 aromatic rings. The van der Waals surface area contributed by atoms with Gasteiger partial charge in [-0.3, -0.25) is 0 Å². The van der Waals surface area contributed by atoms with Crippen molar-refractivity contribution in [1.29, 1.82) is 0 Å². The van der Waals surface area contributed by atoms with Crippen molar-refractivity contribution < 1.29 is 13.5 Å². The molecule has 0 fully saturated rings. The smallest absolute Gasteiger partial charge is 0.250 e. The molecule has 0 saturated heterocycles. The molecule has 0 amide bonds. The fraction of sp³-hybridized carbons (Fsp3) is 0.636. The lowest BCUT2D eigenvalue weighted by molar-refractivity contribution is 0.282. The zero-order valence-electron chi connectivity index (χ0n) is 10.5. The summed E-state index contributed by atoms with van der Waals surface area (Å²) in [5.41, 5.74) is 0.489. The van der Waals surface area contributed by atoms with Crippen LogP contribution in [0.1, 0.15) is 33.3 Å². The molecule has 1 rings (SSSR count). The monoisotopic (exact) mass is 277 g/mol. The molecule has 1 heterocycles. The third kappa shape index (κ3) is 3.77. The second-order valence-electron chi connectivity index (χ2n) is 5.14. The first-order valence-electron chi connectivity index (χ1n) is 5.37. The van der Waals surface area contributed by atoms with Crippen LogP contribution in [0.3, 0.4) is 0 Å². The summed E-state index contributed by atoms with van der Waals surface area (Å²) in [5, 5.41) is 10.6. The van der Waals surface area contributed by atoms with Crippen molar-refractivity contribution in [3.63, 3.8) is 0 Å². The molecule has 0 saturated carbocycles. The van der Waals surface area contributed by atoms with Crippen molar-refractivity contribution in [3.8, 4) is 0 Å². The summed E-state index contributed by atoms with van der Waals surface area (Å²) >= 11 is 1.12. The number of rotatable bonds is 4. The summed E-state index contributed by atoms with van der Waals surface area (Å²) in [5.74, 6) is 0. The molecular formula is C11H19NO3S2. The Hall–Kier alpha value is -0.430. The molecule has 1 atom stereocenters. The molecule has 0 aliphatic heterocycles. The number of thiophene rings is 1. The van der Waals surface area contributed by atoms with E-state index in [4.69, 9.17) is 5.11 Å². The van der Waals surface area contributed by atoms with Crippen molar-refractivity contribution in [2.45, 2.75) is 44.6 Å². The summed E-state index contributed by atoms with van der Waals surface area (Å²) < 4.78 is 27.0. The minimum atomic E-state index is -3.47. The molecule has 0 radical (unpaired) electrons. The highest BCUT2D eigenvalue weighted by Crippen LogP contribution is 2.24. The highest BCUT2D eigenvalue weighted by Gasteiger charge is 2.26. The van der Waals surface area contributed by atoms with Crippen molar-refractivity contribution >= 4 is 21.4 Å². The standard InChI is InChI=1S/C11H19NO3S2/c1-8(11(2,3)4)12-17(14,15)10-5-9(6-13)7-16-10/h5,7-8,12-13H,6H2,1-4H3. The van der Waals surface area contributed by atoms with E-state index in [2.05, 4.69) is 4.72 Å². The van der Waals surface area contributed by atoms with E-state index >= 15 is 0 Å². The van der Waals surface area contributed by atoms with Crippen LogP contribution in [0.4, 0.5) is 0 Å². The molecule has 2 N–H and O–H groups in total. The van der Waals surface area contributed by atoms with Crippen molar-refractivity contribution in [2.24, 2.45) is 5.41 Å². The third-order valence-corrected chi connectivity index (χ3v) is 5.74. The second-order valence-corrected chi connectivity index (χ2v) is 7.99. The average Bonchev–Trinajstić information content (AvgIpc) is 2.64. The molecule has 0 bridgehead atoms. The van der Waals surface area contributed by atoms with Gasteiger partial charge < -0.3 is 5.11 Å². The van der Waals surface area contributed by atoms with Crippen LogP contribution in [0, 0.1) is 5.41 Å². The topological polar surface area (TPSA) is 66.4 Å². The van der Waals surface area contributed by atoms with E-state index in [0.717, 1.165) is 11.3 Å². The molecular weight excluding hydrogens is 258 g/mol. The number of hydrogen-bond donors (Lipinski definition) is 2. The molecule has 1 unspecified atom stereocenters. The Labute approximate surface area is 107 Å². The number of aliphatic hydroxyl groups excluding tert-OH is 1. The third-order valence-electron chi connectivity index (χ3n) is 2.71. The summed E-state index contributed by atoms with van der Waals surface area (Å²) in [6.07, 6.45) is 0. The minimum absolute atomic E-state index is 0.135. The fourth-order valence-corrected chi connectivity index (χ4v) is 3.71. The van der Waals surface area contributed by atoms with Gasteiger partial charge in [-0.15, -0.1) is 11.3 Å². The quantitative estimate of drug-likeness (QED) is 0.884. The summed E-state index contributed by atoms with van der Waals surface area (Å²) in [4.78, 5) is 0. The van der Waals surface area contributed by atoms with Gasteiger partial charge in [0.2, 0.25) is 10.0 Å². The lowest BCUT2D eigenvalue weighted by Crippen LogP contribution is -2.41. The van der Waals surface area contributed by atoms with Crippen LogP contribution in [-0.4, -0.2) is 19.6 Å². The van der Waals surface area contributed by atoms with Crippen LogP contribution in [0.15, 0.2) is 15.7 Å². The SMILES string of the molecule is CC(NS(=O)(=O)c1cc(CO)cs1)C(C)(C)C. The molecule has 98 valence electrons. The molecule has 17 heavy (non-hydrogen) atoms. The Morgan fingerprint density at radius 2 is 2.06 bits per heavy atom. The van der Waals surface area contributed by atoms with E-state index in [-0.39, 0.29) is 22.3 Å². The van der Waals surface area contributed by atoms with E-state index in [1.54, 1.807) is 5.38 Å². The largest absolute Gasteiger partial charge is 0.392 e. The van der Waals surface area contributed by atoms with Gasteiger partial charge in [0, 0.05) is 6.04 Å². The normalized spacial score (nSPS) is 14.9. The van der Waals surface area contributed by atoms with Gasteiger partial charge in [0.25, 0.3) is 0 Å². The predicted molar refractivity (Wildman–Crippen MR) is 69.5 cm³/mol. The molecule has 6 heteroatoms. The Kier molecular flexibility index (Phi) is 4.35. The van der Waals surface area contributed by atoms with Crippen LogP contribution < -0.4 is 4.72 Å². The zero-order chi connectivity index (χ0) is 13.3. The summed E-state index contributed by atoms with van der Waals surface area (Å²) in [6.45, 7) is 7.65. The molecule has 4 nitrogen and oxygen atoms in total. The average molecular weight is 277 g/mol. The lowest BCUT2D eigenvalue weighted by atomic mass is 9.89. The Morgan fingerprint density at radius 3 is 2.47 bits per heavy atom. The zero-order valence-corrected chi connectivity index (χ0v) is 12.2. The van der Waals surface area contributed by atoms with Crippen LogP contribution >= 0.6 is 11.3 Å². The van der Waals surface area contributed by atoms with Crippen LogP contribution in [0.25, 0.3) is 0 Å². The minimum Gasteiger partial charge on any atom is -0.392 e. The molecule has 0 aromatic carbocycles. The maximum absolute atomic E-state index is 12.0. The number of hydrogen-bond acceptors (Lipinski definition) is 4.